The third-order valence-electron chi connectivity index (χ3n) is 4.73. The average molecular weight is 283 g/mol. The van der Waals surface area contributed by atoms with Crippen molar-refractivity contribution in [1.82, 2.24) is 9.80 Å². The summed E-state index contributed by atoms with van der Waals surface area (Å²) in [5, 5.41) is 0. The number of piperidine rings is 1. The van der Waals surface area contributed by atoms with Crippen molar-refractivity contribution in [3.8, 4) is 0 Å². The molecule has 2 aliphatic heterocycles. The summed E-state index contributed by atoms with van der Waals surface area (Å²) in [6.45, 7) is 5.75. The van der Waals surface area contributed by atoms with Crippen LogP contribution in [0.1, 0.15) is 32.1 Å². The van der Waals surface area contributed by atoms with E-state index in [1.165, 1.54) is 12.8 Å². The molecule has 1 atom stereocenters. The topological polar surface area (TPSA) is 58.8 Å². The molecule has 2 saturated heterocycles. The van der Waals surface area contributed by atoms with Crippen LogP contribution in [0, 0.1) is 5.92 Å². The monoisotopic (exact) mass is 283 g/mol. The number of hydrogen-bond acceptors (Lipinski definition) is 4. The van der Waals surface area contributed by atoms with Crippen LogP contribution in [-0.2, 0) is 9.53 Å². The molecule has 2 rings (SSSR count). The first-order chi connectivity index (χ1) is 9.74. The van der Waals surface area contributed by atoms with Gasteiger partial charge in [-0.3, -0.25) is 4.79 Å². The molecule has 20 heavy (non-hydrogen) atoms. The highest BCUT2D eigenvalue weighted by Gasteiger charge is 2.32. The molecule has 0 aromatic heterocycles. The van der Waals surface area contributed by atoms with Crippen LogP contribution in [0.25, 0.3) is 0 Å². The lowest BCUT2D eigenvalue weighted by atomic mass is 9.95. The fourth-order valence-corrected chi connectivity index (χ4v) is 3.43. The molecule has 0 aromatic rings. The predicted octanol–water partition coefficient (Wildman–Crippen LogP) is 0.685. The second-order valence-corrected chi connectivity index (χ2v) is 6.09. The van der Waals surface area contributed by atoms with E-state index in [4.69, 9.17) is 10.5 Å². The lowest BCUT2D eigenvalue weighted by molar-refractivity contribution is -0.129. The summed E-state index contributed by atoms with van der Waals surface area (Å²) in [6.07, 6.45) is 5.07. The van der Waals surface area contributed by atoms with Crippen molar-refractivity contribution < 1.29 is 9.53 Å². The molecule has 2 fully saturated rings. The van der Waals surface area contributed by atoms with Crippen LogP contribution in [-0.4, -0.2) is 68.2 Å². The van der Waals surface area contributed by atoms with Gasteiger partial charge in [-0.05, 0) is 51.2 Å². The minimum atomic E-state index is 0.338. The molecule has 116 valence electrons. The third kappa shape index (κ3) is 4.17. The van der Waals surface area contributed by atoms with Gasteiger partial charge in [0.05, 0.1) is 6.61 Å². The number of amides is 1. The van der Waals surface area contributed by atoms with Crippen molar-refractivity contribution in [3.63, 3.8) is 0 Å². The number of ether oxygens (including phenoxy) is 1. The third-order valence-corrected chi connectivity index (χ3v) is 4.73. The average Bonchev–Trinajstić information content (AvgIpc) is 2.80. The van der Waals surface area contributed by atoms with Gasteiger partial charge >= 0.3 is 0 Å². The van der Waals surface area contributed by atoms with Gasteiger partial charge in [-0.15, -0.1) is 0 Å². The quantitative estimate of drug-likeness (QED) is 0.746. The van der Waals surface area contributed by atoms with Gasteiger partial charge in [-0.25, -0.2) is 0 Å². The lowest BCUT2D eigenvalue weighted by Crippen LogP contribution is -2.43. The zero-order valence-electron chi connectivity index (χ0n) is 12.7. The van der Waals surface area contributed by atoms with Crippen molar-refractivity contribution in [2.24, 2.45) is 11.7 Å². The highest BCUT2D eigenvalue weighted by Crippen LogP contribution is 2.26. The Morgan fingerprint density at radius 3 is 2.70 bits per heavy atom. The number of nitrogens with zero attached hydrogens (tertiary/aromatic N) is 2. The number of hydrogen-bond donors (Lipinski definition) is 1. The van der Waals surface area contributed by atoms with Crippen LogP contribution in [0.3, 0.4) is 0 Å². The van der Waals surface area contributed by atoms with Gasteiger partial charge in [-0.1, -0.05) is 0 Å². The molecule has 2 heterocycles. The summed E-state index contributed by atoms with van der Waals surface area (Å²) in [7, 11) is 1.75. The van der Waals surface area contributed by atoms with Gasteiger partial charge in [0.15, 0.2) is 0 Å². The summed E-state index contributed by atoms with van der Waals surface area (Å²) in [5.41, 5.74) is 5.66. The maximum atomic E-state index is 12.0. The van der Waals surface area contributed by atoms with E-state index in [0.29, 0.717) is 24.4 Å². The Morgan fingerprint density at radius 1 is 1.30 bits per heavy atom. The van der Waals surface area contributed by atoms with E-state index >= 15 is 0 Å². The van der Waals surface area contributed by atoms with Crippen LogP contribution in [0.5, 0.6) is 0 Å². The molecule has 0 spiro atoms. The molecule has 2 N–H and O–H groups in total. The molecule has 0 unspecified atom stereocenters. The maximum absolute atomic E-state index is 12.0. The first-order valence-electron chi connectivity index (χ1n) is 7.95. The smallest absolute Gasteiger partial charge is 0.222 e. The fraction of sp³-hybridized carbons (Fsp3) is 0.933. The van der Waals surface area contributed by atoms with Gasteiger partial charge in [0.25, 0.3) is 0 Å². The van der Waals surface area contributed by atoms with Crippen molar-refractivity contribution in [2.45, 2.75) is 38.1 Å². The summed E-state index contributed by atoms with van der Waals surface area (Å²) >= 11 is 0. The minimum absolute atomic E-state index is 0.338. The van der Waals surface area contributed by atoms with Gasteiger partial charge in [0.2, 0.25) is 5.91 Å². The molecule has 0 aliphatic carbocycles. The standard InChI is InChI=1S/C15H29N3O2/c1-20-11-10-17-8-5-13(6-9-17)12-18-14(4-7-16)2-3-15(18)19/h13-14H,2-12,16H2,1H3/t14-/m1/s1. The largest absolute Gasteiger partial charge is 0.383 e. The van der Waals surface area contributed by atoms with E-state index in [1.54, 1.807) is 7.11 Å². The fourth-order valence-electron chi connectivity index (χ4n) is 3.43. The number of rotatable bonds is 7. The highest BCUT2D eigenvalue weighted by molar-refractivity contribution is 5.78. The van der Waals surface area contributed by atoms with Crippen molar-refractivity contribution in [2.75, 3.05) is 46.4 Å². The van der Waals surface area contributed by atoms with Crippen LogP contribution in [0.15, 0.2) is 0 Å². The number of carbonyl (C=O) groups is 1. The van der Waals surface area contributed by atoms with Gasteiger partial charge in [-0.2, -0.15) is 0 Å². The van der Waals surface area contributed by atoms with Gasteiger partial charge in [0, 0.05) is 32.7 Å². The molecule has 1 amide bonds. The molecule has 0 bridgehead atoms. The Labute approximate surface area is 122 Å². The first kappa shape index (κ1) is 15.7. The van der Waals surface area contributed by atoms with Crippen LogP contribution in [0.2, 0.25) is 0 Å². The molecular weight excluding hydrogens is 254 g/mol. The molecular formula is C15H29N3O2. The number of likely N-dealkylation sites (tertiary alicyclic amines) is 2. The van der Waals surface area contributed by atoms with Gasteiger partial charge in [0.1, 0.15) is 0 Å². The van der Waals surface area contributed by atoms with E-state index in [-0.39, 0.29) is 0 Å². The molecule has 0 radical (unpaired) electrons. The Balaban J connectivity index is 1.75. The van der Waals surface area contributed by atoms with Crippen molar-refractivity contribution in [1.29, 1.82) is 0 Å². The second kappa shape index (κ2) is 7.96. The van der Waals surface area contributed by atoms with Crippen molar-refractivity contribution in [3.05, 3.63) is 0 Å². The number of nitrogens with two attached hydrogens (primary N) is 1. The first-order valence-corrected chi connectivity index (χ1v) is 7.95. The van der Waals surface area contributed by atoms with E-state index in [9.17, 15) is 4.79 Å². The van der Waals surface area contributed by atoms with Crippen LogP contribution >= 0.6 is 0 Å². The molecule has 2 aliphatic rings. The highest BCUT2D eigenvalue weighted by atomic mass is 16.5. The number of methoxy groups -OCH3 is 1. The molecule has 5 heteroatoms. The van der Waals surface area contributed by atoms with Crippen LogP contribution in [0.4, 0.5) is 0 Å². The van der Waals surface area contributed by atoms with E-state index < -0.39 is 0 Å². The summed E-state index contributed by atoms with van der Waals surface area (Å²) in [6, 6.07) is 0.402. The zero-order valence-corrected chi connectivity index (χ0v) is 12.7. The van der Waals surface area contributed by atoms with Crippen molar-refractivity contribution >= 4 is 5.91 Å². The zero-order chi connectivity index (χ0) is 14.4. The minimum Gasteiger partial charge on any atom is -0.383 e. The molecule has 5 nitrogen and oxygen atoms in total. The van der Waals surface area contributed by atoms with E-state index in [1.807, 2.05) is 0 Å². The van der Waals surface area contributed by atoms with E-state index in [2.05, 4.69) is 9.80 Å². The van der Waals surface area contributed by atoms with Crippen LogP contribution < -0.4 is 5.73 Å². The Kier molecular flexibility index (Phi) is 6.26. The number of carbonyl (C=O) groups excluding carboxylic acids is 1. The predicted molar refractivity (Wildman–Crippen MR) is 79.4 cm³/mol. The Hall–Kier alpha value is -0.650. The summed E-state index contributed by atoms with van der Waals surface area (Å²) in [4.78, 5) is 16.6. The maximum Gasteiger partial charge on any atom is 0.222 e. The summed E-state index contributed by atoms with van der Waals surface area (Å²) < 4.78 is 5.13. The summed E-state index contributed by atoms with van der Waals surface area (Å²) in [5.74, 6) is 1.00. The normalized spacial score (nSPS) is 25.6. The Bertz CT molecular complexity index is 303. The van der Waals surface area contributed by atoms with Gasteiger partial charge < -0.3 is 20.3 Å². The lowest BCUT2D eigenvalue weighted by Gasteiger charge is -2.35. The SMILES string of the molecule is COCCN1CCC(CN2C(=O)CC[C@@H]2CCN)CC1. The van der Waals surface area contributed by atoms with E-state index in [0.717, 1.165) is 52.0 Å². The Morgan fingerprint density at radius 2 is 2.05 bits per heavy atom. The molecule has 0 saturated carbocycles. The molecule has 0 aromatic carbocycles. The second-order valence-electron chi connectivity index (χ2n) is 6.09.